The summed E-state index contributed by atoms with van der Waals surface area (Å²) in [5, 5.41) is 6.52. The van der Waals surface area contributed by atoms with Gasteiger partial charge in [-0.2, -0.15) is 0 Å². The zero-order chi connectivity index (χ0) is 20.2. The fourth-order valence-electron chi connectivity index (χ4n) is 3.93. The highest BCUT2D eigenvalue weighted by Crippen LogP contribution is 2.35. The van der Waals surface area contributed by atoms with Gasteiger partial charge in [-0.1, -0.05) is 19.3 Å². The van der Waals surface area contributed by atoms with Crippen LogP contribution in [0.4, 0.5) is 16.2 Å². The molecule has 0 aromatic heterocycles. The summed E-state index contributed by atoms with van der Waals surface area (Å²) in [6.07, 6.45) is 6.65. The van der Waals surface area contributed by atoms with E-state index in [0.717, 1.165) is 22.2 Å². The SMILES string of the molecule is Cc1cc(SC2CCCCC2)ccc1NC(=O)c1ccc(N2CCNC2=O)cc1. The molecule has 1 aliphatic heterocycles. The minimum absolute atomic E-state index is 0.0935. The second kappa shape index (κ2) is 8.91. The zero-order valence-corrected chi connectivity index (χ0v) is 17.6. The number of amides is 3. The maximum Gasteiger partial charge on any atom is 0.321 e. The number of hydrogen-bond acceptors (Lipinski definition) is 3. The van der Waals surface area contributed by atoms with Gasteiger partial charge < -0.3 is 10.6 Å². The molecule has 1 aliphatic carbocycles. The normalized spacial score (nSPS) is 17.3. The predicted molar refractivity (Wildman–Crippen MR) is 119 cm³/mol. The summed E-state index contributed by atoms with van der Waals surface area (Å²) in [7, 11) is 0. The Bertz CT molecular complexity index is 891. The Morgan fingerprint density at radius 3 is 2.52 bits per heavy atom. The second-order valence-corrected chi connectivity index (χ2v) is 9.11. The van der Waals surface area contributed by atoms with E-state index < -0.39 is 0 Å². The van der Waals surface area contributed by atoms with Gasteiger partial charge in [-0.25, -0.2) is 4.79 Å². The molecule has 1 heterocycles. The van der Waals surface area contributed by atoms with Gasteiger partial charge >= 0.3 is 6.03 Å². The molecule has 2 aliphatic rings. The molecule has 2 aromatic carbocycles. The maximum absolute atomic E-state index is 12.7. The minimum Gasteiger partial charge on any atom is -0.336 e. The summed E-state index contributed by atoms with van der Waals surface area (Å²) in [6.45, 7) is 3.33. The molecule has 0 unspecified atom stereocenters. The molecule has 0 radical (unpaired) electrons. The summed E-state index contributed by atoms with van der Waals surface area (Å²) < 4.78 is 0. The smallest absolute Gasteiger partial charge is 0.321 e. The van der Waals surface area contributed by atoms with Crippen LogP contribution < -0.4 is 15.5 Å². The van der Waals surface area contributed by atoms with Crippen LogP contribution in [0.1, 0.15) is 48.0 Å². The number of rotatable bonds is 5. The van der Waals surface area contributed by atoms with Crippen molar-refractivity contribution in [2.75, 3.05) is 23.3 Å². The van der Waals surface area contributed by atoms with Crippen molar-refractivity contribution < 1.29 is 9.59 Å². The van der Waals surface area contributed by atoms with Crippen LogP contribution in [0.2, 0.25) is 0 Å². The molecule has 3 amide bonds. The number of carbonyl (C=O) groups excluding carboxylic acids is 2. The molecule has 2 fully saturated rings. The molecule has 4 rings (SSSR count). The Balaban J connectivity index is 1.39. The van der Waals surface area contributed by atoms with E-state index in [-0.39, 0.29) is 11.9 Å². The highest BCUT2D eigenvalue weighted by molar-refractivity contribution is 8.00. The number of anilines is 2. The van der Waals surface area contributed by atoms with Gasteiger partial charge in [0.15, 0.2) is 0 Å². The van der Waals surface area contributed by atoms with E-state index in [1.807, 2.05) is 36.9 Å². The first kappa shape index (κ1) is 19.8. The Morgan fingerprint density at radius 1 is 1.10 bits per heavy atom. The lowest BCUT2D eigenvalue weighted by Crippen LogP contribution is -2.27. The lowest BCUT2D eigenvalue weighted by atomic mass is 10.0. The maximum atomic E-state index is 12.7. The van der Waals surface area contributed by atoms with Gasteiger partial charge in [0.05, 0.1) is 0 Å². The Kier molecular flexibility index (Phi) is 6.09. The molecule has 1 saturated heterocycles. The van der Waals surface area contributed by atoms with Gasteiger partial charge in [0, 0.05) is 40.2 Å². The third kappa shape index (κ3) is 4.75. The number of thioether (sulfide) groups is 1. The first-order chi connectivity index (χ1) is 14.1. The van der Waals surface area contributed by atoms with Crippen LogP contribution in [-0.4, -0.2) is 30.3 Å². The molecular formula is C23H27N3O2S. The van der Waals surface area contributed by atoms with Gasteiger partial charge in [0.25, 0.3) is 5.91 Å². The number of aryl methyl sites for hydroxylation is 1. The van der Waals surface area contributed by atoms with Crippen LogP contribution in [-0.2, 0) is 0 Å². The summed E-state index contributed by atoms with van der Waals surface area (Å²) in [4.78, 5) is 27.4. The summed E-state index contributed by atoms with van der Waals surface area (Å²) in [6, 6.07) is 13.3. The topological polar surface area (TPSA) is 61.4 Å². The van der Waals surface area contributed by atoms with E-state index in [0.29, 0.717) is 18.7 Å². The summed E-state index contributed by atoms with van der Waals surface area (Å²) in [5.41, 5.74) is 3.29. The molecular weight excluding hydrogens is 382 g/mol. The molecule has 0 bridgehead atoms. The van der Waals surface area contributed by atoms with Crippen LogP contribution in [0, 0.1) is 6.92 Å². The van der Waals surface area contributed by atoms with E-state index in [1.165, 1.54) is 37.0 Å². The average molecular weight is 410 g/mol. The first-order valence-corrected chi connectivity index (χ1v) is 11.2. The molecule has 1 saturated carbocycles. The number of benzene rings is 2. The Morgan fingerprint density at radius 2 is 1.86 bits per heavy atom. The Hall–Kier alpha value is -2.47. The molecule has 152 valence electrons. The largest absolute Gasteiger partial charge is 0.336 e. The third-order valence-electron chi connectivity index (χ3n) is 5.60. The van der Waals surface area contributed by atoms with Gasteiger partial charge in [-0.05, 0) is 67.8 Å². The van der Waals surface area contributed by atoms with Crippen molar-refractivity contribution in [3.8, 4) is 0 Å². The van der Waals surface area contributed by atoms with Gasteiger partial charge in [-0.15, -0.1) is 11.8 Å². The molecule has 6 heteroatoms. The molecule has 2 N–H and O–H groups in total. The zero-order valence-electron chi connectivity index (χ0n) is 16.7. The van der Waals surface area contributed by atoms with Crippen LogP contribution in [0.25, 0.3) is 0 Å². The number of urea groups is 1. The Labute approximate surface area is 176 Å². The quantitative estimate of drug-likeness (QED) is 0.713. The molecule has 5 nitrogen and oxygen atoms in total. The second-order valence-electron chi connectivity index (χ2n) is 7.74. The average Bonchev–Trinajstić information content (AvgIpc) is 3.17. The van der Waals surface area contributed by atoms with Crippen molar-refractivity contribution >= 4 is 35.1 Å². The van der Waals surface area contributed by atoms with Crippen LogP contribution in [0.3, 0.4) is 0 Å². The fourth-order valence-corrected chi connectivity index (χ4v) is 5.28. The lowest BCUT2D eigenvalue weighted by Gasteiger charge is -2.21. The molecule has 0 spiro atoms. The summed E-state index contributed by atoms with van der Waals surface area (Å²) in [5.74, 6) is -0.141. The van der Waals surface area contributed by atoms with E-state index in [1.54, 1.807) is 17.0 Å². The molecule has 0 atom stereocenters. The van der Waals surface area contributed by atoms with E-state index in [2.05, 4.69) is 22.8 Å². The summed E-state index contributed by atoms with van der Waals surface area (Å²) >= 11 is 1.97. The molecule has 29 heavy (non-hydrogen) atoms. The van der Waals surface area contributed by atoms with Crippen molar-refractivity contribution in [1.82, 2.24) is 5.32 Å². The van der Waals surface area contributed by atoms with Gasteiger partial charge in [0.1, 0.15) is 0 Å². The molecule has 2 aromatic rings. The third-order valence-corrected chi connectivity index (χ3v) is 6.93. The highest BCUT2D eigenvalue weighted by atomic mass is 32.2. The fraction of sp³-hybridized carbons (Fsp3) is 0.391. The van der Waals surface area contributed by atoms with Gasteiger partial charge in [-0.3, -0.25) is 9.69 Å². The van der Waals surface area contributed by atoms with Gasteiger partial charge in [0.2, 0.25) is 0 Å². The van der Waals surface area contributed by atoms with Crippen molar-refractivity contribution in [3.05, 3.63) is 53.6 Å². The number of carbonyl (C=O) groups is 2. The minimum atomic E-state index is -0.141. The van der Waals surface area contributed by atoms with Crippen molar-refractivity contribution in [2.24, 2.45) is 0 Å². The van der Waals surface area contributed by atoms with Crippen LogP contribution in [0.5, 0.6) is 0 Å². The van der Waals surface area contributed by atoms with E-state index in [4.69, 9.17) is 0 Å². The van der Waals surface area contributed by atoms with E-state index in [9.17, 15) is 9.59 Å². The van der Waals surface area contributed by atoms with Crippen molar-refractivity contribution in [3.63, 3.8) is 0 Å². The standard InChI is InChI=1S/C23H27N3O2S/c1-16-15-20(29-19-5-3-2-4-6-19)11-12-21(16)25-22(27)17-7-9-18(10-8-17)26-14-13-24-23(26)28/h7-12,15,19H,2-6,13-14H2,1H3,(H,24,28)(H,25,27). The van der Waals surface area contributed by atoms with Crippen LogP contribution in [0.15, 0.2) is 47.4 Å². The van der Waals surface area contributed by atoms with Crippen molar-refractivity contribution in [2.45, 2.75) is 49.2 Å². The van der Waals surface area contributed by atoms with Crippen molar-refractivity contribution in [1.29, 1.82) is 0 Å². The first-order valence-electron chi connectivity index (χ1n) is 10.3. The highest BCUT2D eigenvalue weighted by Gasteiger charge is 2.21. The number of nitrogens with zero attached hydrogens (tertiary/aromatic N) is 1. The monoisotopic (exact) mass is 409 g/mol. The van der Waals surface area contributed by atoms with Crippen LogP contribution >= 0.6 is 11.8 Å². The number of nitrogens with one attached hydrogen (secondary N) is 2. The predicted octanol–water partition coefficient (Wildman–Crippen LogP) is 5.20. The van der Waals surface area contributed by atoms with E-state index >= 15 is 0 Å². The lowest BCUT2D eigenvalue weighted by molar-refractivity contribution is 0.102. The number of hydrogen-bond donors (Lipinski definition) is 2.